The van der Waals surface area contributed by atoms with Crippen LogP contribution in [0.1, 0.15) is 25.0 Å². The molecule has 0 saturated carbocycles. The van der Waals surface area contributed by atoms with Crippen LogP contribution in [0.4, 0.5) is 5.69 Å². The summed E-state index contributed by atoms with van der Waals surface area (Å²) < 4.78 is 27.6. The van der Waals surface area contributed by atoms with Crippen molar-refractivity contribution in [2.75, 3.05) is 17.4 Å². The van der Waals surface area contributed by atoms with Crippen molar-refractivity contribution < 1.29 is 13.2 Å². The predicted octanol–water partition coefficient (Wildman–Crippen LogP) is 2.81. The Bertz CT molecular complexity index is 879. The van der Waals surface area contributed by atoms with E-state index in [0.29, 0.717) is 25.3 Å². The van der Waals surface area contributed by atoms with Gasteiger partial charge in [-0.15, -0.1) is 0 Å². The molecule has 0 spiro atoms. The summed E-state index contributed by atoms with van der Waals surface area (Å²) in [5.41, 5.74) is 2.67. The van der Waals surface area contributed by atoms with Crippen molar-refractivity contribution in [3.8, 4) is 0 Å². The molecular formula is C19H22N2O3S. The van der Waals surface area contributed by atoms with E-state index in [1.165, 1.54) is 4.31 Å². The molecule has 1 aliphatic rings. The van der Waals surface area contributed by atoms with E-state index in [-0.39, 0.29) is 10.8 Å². The maximum Gasteiger partial charge on any atom is 0.264 e. The van der Waals surface area contributed by atoms with Crippen LogP contribution in [0.15, 0.2) is 53.4 Å². The molecule has 2 aromatic rings. The van der Waals surface area contributed by atoms with Crippen molar-refractivity contribution in [2.24, 2.45) is 0 Å². The van der Waals surface area contributed by atoms with Crippen molar-refractivity contribution in [2.45, 2.75) is 31.7 Å². The fourth-order valence-electron chi connectivity index (χ4n) is 3.18. The fraction of sp³-hybridized carbons (Fsp3) is 0.316. The van der Waals surface area contributed by atoms with Crippen LogP contribution in [0.25, 0.3) is 0 Å². The third-order valence-electron chi connectivity index (χ3n) is 4.55. The van der Waals surface area contributed by atoms with Gasteiger partial charge in [0.2, 0.25) is 5.91 Å². The van der Waals surface area contributed by atoms with Crippen LogP contribution < -0.4 is 4.31 Å². The van der Waals surface area contributed by atoms with Gasteiger partial charge in [0.05, 0.1) is 10.6 Å². The summed E-state index contributed by atoms with van der Waals surface area (Å²) in [6, 6.07) is 14.3. The molecule has 0 atom stereocenters. The molecule has 1 amide bonds. The average molecular weight is 358 g/mol. The number of para-hydroxylation sites is 1. The van der Waals surface area contributed by atoms with Gasteiger partial charge < -0.3 is 4.90 Å². The van der Waals surface area contributed by atoms with E-state index < -0.39 is 10.0 Å². The van der Waals surface area contributed by atoms with Crippen LogP contribution in [0, 0.1) is 0 Å². The van der Waals surface area contributed by atoms with E-state index in [0.717, 1.165) is 17.5 Å². The molecular weight excluding hydrogens is 336 g/mol. The van der Waals surface area contributed by atoms with Gasteiger partial charge in [-0.3, -0.25) is 9.10 Å². The highest BCUT2D eigenvalue weighted by atomic mass is 32.2. The first-order valence-corrected chi connectivity index (χ1v) is 9.82. The van der Waals surface area contributed by atoms with E-state index >= 15 is 0 Å². The number of hydrogen-bond acceptors (Lipinski definition) is 3. The molecule has 0 N–H and O–H groups in total. The van der Waals surface area contributed by atoms with Crippen LogP contribution in [0.3, 0.4) is 0 Å². The third-order valence-corrected chi connectivity index (χ3v) is 6.45. The molecule has 25 heavy (non-hydrogen) atoms. The van der Waals surface area contributed by atoms with Crippen LogP contribution in [-0.4, -0.2) is 32.3 Å². The molecule has 6 heteroatoms. The number of rotatable bonds is 4. The first-order valence-electron chi connectivity index (χ1n) is 8.38. The van der Waals surface area contributed by atoms with Gasteiger partial charge in [0, 0.05) is 26.6 Å². The quantitative estimate of drug-likeness (QED) is 0.844. The lowest BCUT2D eigenvalue weighted by atomic mass is 10.00. The maximum absolute atomic E-state index is 13.1. The zero-order chi connectivity index (χ0) is 18.0. The highest BCUT2D eigenvalue weighted by Crippen LogP contribution is 2.27. The standard InChI is InChI=1S/C19H22N2O3S/c1-3-21(18-7-5-4-6-8-18)25(23,24)19-10-9-16-11-12-20(15(2)22)14-17(16)13-19/h4-10,13H,3,11-12,14H2,1-2H3. The zero-order valence-electron chi connectivity index (χ0n) is 14.5. The zero-order valence-corrected chi connectivity index (χ0v) is 15.3. The minimum absolute atomic E-state index is 0.0124. The number of carbonyl (C=O) groups is 1. The van der Waals surface area contributed by atoms with E-state index in [2.05, 4.69) is 0 Å². The second-order valence-electron chi connectivity index (χ2n) is 6.13. The monoisotopic (exact) mass is 358 g/mol. The van der Waals surface area contributed by atoms with E-state index in [1.807, 2.05) is 31.2 Å². The SMILES string of the molecule is CCN(c1ccccc1)S(=O)(=O)c1ccc2c(c1)CN(C(C)=O)CC2. The predicted molar refractivity (Wildman–Crippen MR) is 97.9 cm³/mol. The molecule has 2 aromatic carbocycles. The van der Waals surface area contributed by atoms with Crippen molar-refractivity contribution in [3.05, 3.63) is 59.7 Å². The van der Waals surface area contributed by atoms with Crippen molar-refractivity contribution in [3.63, 3.8) is 0 Å². The minimum atomic E-state index is -3.65. The highest BCUT2D eigenvalue weighted by Gasteiger charge is 2.26. The van der Waals surface area contributed by atoms with Gasteiger partial charge in [-0.1, -0.05) is 24.3 Å². The number of sulfonamides is 1. The number of benzene rings is 2. The highest BCUT2D eigenvalue weighted by molar-refractivity contribution is 7.92. The summed E-state index contributed by atoms with van der Waals surface area (Å²) in [6.45, 7) is 4.86. The summed E-state index contributed by atoms with van der Waals surface area (Å²) in [5, 5.41) is 0. The summed E-state index contributed by atoms with van der Waals surface area (Å²) in [6.07, 6.45) is 0.755. The maximum atomic E-state index is 13.1. The number of carbonyl (C=O) groups excluding carboxylic acids is 1. The summed E-state index contributed by atoms with van der Waals surface area (Å²) in [5.74, 6) is 0.0124. The summed E-state index contributed by atoms with van der Waals surface area (Å²) >= 11 is 0. The van der Waals surface area contributed by atoms with Gasteiger partial charge in [-0.05, 0) is 48.7 Å². The van der Waals surface area contributed by atoms with Gasteiger partial charge in [0.25, 0.3) is 10.0 Å². The van der Waals surface area contributed by atoms with Gasteiger partial charge in [0.1, 0.15) is 0 Å². The Labute approximate surface area is 148 Å². The Hall–Kier alpha value is -2.34. The van der Waals surface area contributed by atoms with Gasteiger partial charge in [-0.2, -0.15) is 0 Å². The van der Waals surface area contributed by atoms with Crippen LogP contribution in [-0.2, 0) is 27.8 Å². The molecule has 0 bridgehead atoms. The topological polar surface area (TPSA) is 57.7 Å². The Morgan fingerprint density at radius 1 is 1.12 bits per heavy atom. The molecule has 5 nitrogen and oxygen atoms in total. The lowest BCUT2D eigenvalue weighted by Crippen LogP contribution is -2.35. The third kappa shape index (κ3) is 3.39. The van der Waals surface area contributed by atoms with Crippen molar-refractivity contribution in [1.29, 1.82) is 0 Å². The summed E-state index contributed by atoms with van der Waals surface area (Å²) in [7, 11) is -3.65. The van der Waals surface area contributed by atoms with Crippen LogP contribution >= 0.6 is 0 Å². The van der Waals surface area contributed by atoms with E-state index in [4.69, 9.17) is 0 Å². The van der Waals surface area contributed by atoms with E-state index in [1.54, 1.807) is 36.1 Å². The Kier molecular flexibility index (Phi) is 4.81. The molecule has 1 heterocycles. The first kappa shape index (κ1) is 17.5. The summed E-state index contributed by atoms with van der Waals surface area (Å²) in [4.78, 5) is 13.6. The van der Waals surface area contributed by atoms with Gasteiger partial charge >= 0.3 is 0 Å². The van der Waals surface area contributed by atoms with Gasteiger partial charge in [0.15, 0.2) is 0 Å². The van der Waals surface area contributed by atoms with E-state index in [9.17, 15) is 13.2 Å². The van der Waals surface area contributed by atoms with Crippen molar-refractivity contribution in [1.82, 2.24) is 4.90 Å². The lowest BCUT2D eigenvalue weighted by molar-refractivity contribution is -0.129. The number of nitrogens with zero attached hydrogens (tertiary/aromatic N) is 2. The molecule has 0 fully saturated rings. The molecule has 1 aliphatic heterocycles. The average Bonchev–Trinajstić information content (AvgIpc) is 2.62. The first-order chi connectivity index (χ1) is 11.9. The lowest BCUT2D eigenvalue weighted by Gasteiger charge is -2.29. The molecule has 0 aromatic heterocycles. The molecule has 0 unspecified atom stereocenters. The Morgan fingerprint density at radius 2 is 1.84 bits per heavy atom. The minimum Gasteiger partial charge on any atom is -0.338 e. The Morgan fingerprint density at radius 3 is 2.48 bits per heavy atom. The molecule has 3 rings (SSSR count). The number of amides is 1. The number of anilines is 1. The molecule has 0 radical (unpaired) electrons. The fourth-order valence-corrected chi connectivity index (χ4v) is 4.70. The van der Waals surface area contributed by atoms with Crippen LogP contribution in [0.5, 0.6) is 0 Å². The molecule has 0 saturated heterocycles. The van der Waals surface area contributed by atoms with Crippen molar-refractivity contribution >= 4 is 21.6 Å². The van der Waals surface area contributed by atoms with Crippen LogP contribution in [0.2, 0.25) is 0 Å². The second kappa shape index (κ2) is 6.88. The second-order valence-corrected chi connectivity index (χ2v) is 7.99. The van der Waals surface area contributed by atoms with Gasteiger partial charge in [-0.25, -0.2) is 8.42 Å². The normalized spacial score (nSPS) is 14.1. The Balaban J connectivity index is 1.98. The molecule has 0 aliphatic carbocycles. The number of fused-ring (bicyclic) bond motifs is 1. The number of hydrogen-bond donors (Lipinski definition) is 0. The largest absolute Gasteiger partial charge is 0.338 e. The smallest absolute Gasteiger partial charge is 0.264 e. The molecule has 132 valence electrons.